The highest BCUT2D eigenvalue weighted by atomic mass is 31.2. The van der Waals surface area contributed by atoms with Crippen LogP contribution >= 0.6 is 7.72 Å². The average molecular weight is 446 g/mol. The van der Waals surface area contributed by atoms with Gasteiger partial charge in [0, 0.05) is 23.2 Å². The van der Waals surface area contributed by atoms with Crippen molar-refractivity contribution in [3.63, 3.8) is 0 Å². The molecule has 0 bridgehead atoms. The van der Waals surface area contributed by atoms with Crippen LogP contribution in [0.4, 0.5) is 4.39 Å². The fraction of sp³-hybridized carbons (Fsp3) is 0.304. The summed E-state index contributed by atoms with van der Waals surface area (Å²) >= 11 is 0. The van der Waals surface area contributed by atoms with Gasteiger partial charge in [0.15, 0.2) is 11.9 Å². The summed E-state index contributed by atoms with van der Waals surface area (Å²) in [6, 6.07) is 13.9. The summed E-state index contributed by atoms with van der Waals surface area (Å²) in [5.74, 6) is -2.20. The van der Waals surface area contributed by atoms with E-state index in [2.05, 4.69) is 13.8 Å². The quantitative estimate of drug-likeness (QED) is 0.336. The maximum absolute atomic E-state index is 13.5. The monoisotopic (exact) mass is 446 g/mol. The molecule has 0 aliphatic heterocycles. The normalized spacial score (nSPS) is 11.9. The fourth-order valence-corrected chi connectivity index (χ4v) is 5.37. The number of nitrogens with zero attached hydrogens (tertiary/aromatic N) is 1. The number of ketones is 1. The van der Waals surface area contributed by atoms with Gasteiger partial charge in [0.2, 0.25) is 0 Å². The Labute approximate surface area is 180 Å². The molecule has 6 nitrogen and oxygen atoms in total. The Morgan fingerprint density at radius 3 is 2.32 bits per heavy atom. The van der Waals surface area contributed by atoms with Gasteiger partial charge >= 0.3 is 5.97 Å². The molecular formula is C23H26FNO5P+. The summed E-state index contributed by atoms with van der Waals surface area (Å²) in [6.45, 7) is 4.11. The molecule has 0 aliphatic rings. The van der Waals surface area contributed by atoms with Gasteiger partial charge in [-0.15, -0.1) is 0 Å². The Bertz CT molecular complexity index is 1110. The lowest BCUT2D eigenvalue weighted by Crippen LogP contribution is -2.17. The molecular weight excluding hydrogens is 420 g/mol. The molecule has 2 aromatic carbocycles. The molecule has 0 atom stereocenters. The molecule has 164 valence electrons. The number of hydrogen-bond acceptors (Lipinski definition) is 4. The van der Waals surface area contributed by atoms with Crippen LogP contribution in [0.25, 0.3) is 16.6 Å². The molecule has 3 aromatic rings. The smallest absolute Gasteiger partial charge is 0.311 e. The molecule has 8 heteroatoms. The average Bonchev–Trinajstić information content (AvgIpc) is 3.00. The number of aliphatic carboxylic acids is 1. The first-order chi connectivity index (χ1) is 14.6. The van der Waals surface area contributed by atoms with Gasteiger partial charge in [0.05, 0.1) is 5.52 Å². The molecule has 0 unspecified atom stereocenters. The zero-order valence-electron chi connectivity index (χ0n) is 17.5. The second-order valence-corrected chi connectivity index (χ2v) is 10.5. The second-order valence-electron chi connectivity index (χ2n) is 7.96. The molecule has 3 rings (SSSR count). The van der Waals surface area contributed by atoms with Crippen LogP contribution in [0.2, 0.25) is 0 Å². The van der Waals surface area contributed by atoms with Gasteiger partial charge in [-0.1, -0.05) is 32.0 Å². The van der Waals surface area contributed by atoms with Crippen molar-refractivity contribution >= 4 is 30.4 Å². The Morgan fingerprint density at radius 2 is 1.71 bits per heavy atom. The van der Waals surface area contributed by atoms with Crippen LogP contribution in [0.15, 0.2) is 48.5 Å². The number of halogens is 1. The van der Waals surface area contributed by atoms with E-state index in [9.17, 15) is 23.8 Å². The second kappa shape index (κ2) is 9.27. The van der Waals surface area contributed by atoms with Crippen molar-refractivity contribution < 1.29 is 28.9 Å². The molecule has 1 aromatic heterocycles. The number of aromatic nitrogens is 1. The number of benzene rings is 2. The van der Waals surface area contributed by atoms with Gasteiger partial charge in [0.25, 0.3) is 7.72 Å². The van der Waals surface area contributed by atoms with E-state index in [1.165, 1.54) is 12.1 Å². The minimum Gasteiger partial charge on any atom is -0.481 e. The van der Waals surface area contributed by atoms with Gasteiger partial charge in [0.1, 0.15) is 18.4 Å². The van der Waals surface area contributed by atoms with Gasteiger partial charge in [-0.3, -0.25) is 9.59 Å². The van der Waals surface area contributed by atoms with E-state index in [1.54, 1.807) is 12.1 Å². The van der Waals surface area contributed by atoms with Crippen molar-refractivity contribution in [2.75, 3.05) is 12.3 Å². The van der Waals surface area contributed by atoms with Crippen LogP contribution in [-0.2, 0) is 16.0 Å². The molecule has 0 fully saturated rings. The van der Waals surface area contributed by atoms with E-state index in [0.717, 1.165) is 27.8 Å². The van der Waals surface area contributed by atoms with Crippen LogP contribution in [0.3, 0.4) is 0 Å². The number of fused-ring (bicyclic) bond motifs is 1. The highest BCUT2D eigenvalue weighted by molar-refractivity contribution is 7.65. The van der Waals surface area contributed by atoms with Gasteiger partial charge < -0.3 is 9.67 Å². The number of para-hydroxylation sites is 1. The predicted molar refractivity (Wildman–Crippen MR) is 119 cm³/mol. The van der Waals surface area contributed by atoms with Gasteiger partial charge in [-0.05, 0) is 41.8 Å². The molecule has 1 heterocycles. The van der Waals surface area contributed by atoms with Gasteiger partial charge in [-0.25, -0.2) is 14.2 Å². The minimum absolute atomic E-state index is 0.0460. The Morgan fingerprint density at radius 1 is 1.06 bits per heavy atom. The summed E-state index contributed by atoms with van der Waals surface area (Å²) in [7, 11) is -3.62. The van der Waals surface area contributed by atoms with Crippen LogP contribution in [0, 0.1) is 5.82 Å². The number of rotatable bonds is 9. The molecule has 0 amide bonds. The van der Waals surface area contributed by atoms with Crippen LogP contribution in [-0.4, -0.2) is 43.5 Å². The number of carboxylic acids is 1. The van der Waals surface area contributed by atoms with Gasteiger partial charge in [-0.2, -0.15) is 0 Å². The number of hydrogen-bond donors (Lipinski definition) is 3. The third-order valence-electron chi connectivity index (χ3n) is 5.16. The number of carboxylic acid groups (broad SMARTS) is 1. The van der Waals surface area contributed by atoms with E-state index in [1.807, 2.05) is 28.8 Å². The standard InChI is InChI=1S/C23H25FNO5P/c1-15(2)23-19-5-3-4-6-20(19)25(17-9-7-16(24)8-10-17)21(23)11-12-31(29,30)14-18(26)13-22(27)28/h3-10,15,29-30H,11-14H2,1-2H3/p+1. The third kappa shape index (κ3) is 5.37. The maximum Gasteiger partial charge on any atom is 0.311 e. The molecule has 31 heavy (non-hydrogen) atoms. The third-order valence-corrected chi connectivity index (χ3v) is 6.96. The SMILES string of the molecule is CC(C)c1c(CC[P+](O)(O)CC(=O)CC(=O)O)n(-c2ccc(F)cc2)c2ccccc12. The first-order valence-corrected chi connectivity index (χ1v) is 12.1. The van der Waals surface area contributed by atoms with Crippen molar-refractivity contribution in [3.05, 3.63) is 65.6 Å². The molecule has 0 saturated heterocycles. The summed E-state index contributed by atoms with van der Waals surface area (Å²) in [5.41, 5.74) is 3.59. The lowest BCUT2D eigenvalue weighted by atomic mass is 9.98. The molecule has 0 aliphatic carbocycles. The van der Waals surface area contributed by atoms with E-state index < -0.39 is 32.1 Å². The van der Waals surface area contributed by atoms with Crippen molar-refractivity contribution in [1.29, 1.82) is 0 Å². The topological polar surface area (TPSA) is 99.8 Å². The van der Waals surface area contributed by atoms with E-state index in [0.29, 0.717) is 0 Å². The number of Topliss-reactive ketones (excluding diaryl/α,β-unsaturated/α-hetero) is 1. The van der Waals surface area contributed by atoms with Crippen molar-refractivity contribution in [2.24, 2.45) is 0 Å². The summed E-state index contributed by atoms with van der Waals surface area (Å²) in [5, 5.41) is 9.77. The minimum atomic E-state index is -3.62. The zero-order chi connectivity index (χ0) is 22.8. The lowest BCUT2D eigenvalue weighted by molar-refractivity contribution is -0.139. The van der Waals surface area contributed by atoms with Crippen molar-refractivity contribution in [3.8, 4) is 5.69 Å². The van der Waals surface area contributed by atoms with Crippen molar-refractivity contribution in [2.45, 2.75) is 32.6 Å². The molecule has 0 radical (unpaired) electrons. The number of carbonyl (C=O) groups is 2. The molecule has 3 N–H and O–H groups in total. The van der Waals surface area contributed by atoms with Crippen LogP contribution in [0.1, 0.15) is 37.4 Å². The van der Waals surface area contributed by atoms with Crippen molar-refractivity contribution in [1.82, 2.24) is 4.57 Å². The summed E-state index contributed by atoms with van der Waals surface area (Å²) in [6.07, 6.45) is -1.04. The highest BCUT2D eigenvalue weighted by Crippen LogP contribution is 2.51. The molecule has 0 saturated carbocycles. The zero-order valence-corrected chi connectivity index (χ0v) is 18.3. The van der Waals surface area contributed by atoms with Crippen LogP contribution < -0.4 is 0 Å². The highest BCUT2D eigenvalue weighted by Gasteiger charge is 2.37. The van der Waals surface area contributed by atoms with Crippen LogP contribution in [0.5, 0.6) is 0 Å². The predicted octanol–water partition coefficient (Wildman–Crippen LogP) is 4.31. The summed E-state index contributed by atoms with van der Waals surface area (Å²) < 4.78 is 15.5. The van der Waals surface area contributed by atoms with E-state index in [-0.39, 0.29) is 24.3 Å². The van der Waals surface area contributed by atoms with E-state index in [4.69, 9.17) is 5.11 Å². The summed E-state index contributed by atoms with van der Waals surface area (Å²) in [4.78, 5) is 43.4. The molecule has 0 spiro atoms. The Balaban J connectivity index is 2.03. The fourth-order valence-electron chi connectivity index (χ4n) is 3.96. The van der Waals surface area contributed by atoms with E-state index >= 15 is 0 Å². The first-order valence-electron chi connectivity index (χ1n) is 10.0. The lowest BCUT2D eigenvalue weighted by Gasteiger charge is -2.16. The first kappa shape index (κ1) is 23.1. The Hall–Kier alpha value is -2.60. The Kier molecular flexibility index (Phi) is 6.90. The maximum atomic E-state index is 13.5. The largest absolute Gasteiger partial charge is 0.481 e. The number of carbonyl (C=O) groups excluding carboxylic acids is 1.